The van der Waals surface area contributed by atoms with Crippen LogP contribution in [0.15, 0.2) is 42.5 Å². The molecule has 0 spiro atoms. The molecule has 5 nitrogen and oxygen atoms in total. The van der Waals surface area contributed by atoms with Crippen molar-refractivity contribution in [3.8, 4) is 0 Å². The second-order valence-electron chi connectivity index (χ2n) is 10.1. The maximum atomic E-state index is 13.2. The van der Waals surface area contributed by atoms with E-state index in [1.165, 1.54) is 30.3 Å². The minimum Gasteiger partial charge on any atom is -0.382 e. The minimum atomic E-state index is -4.35. The van der Waals surface area contributed by atoms with Crippen molar-refractivity contribution in [1.29, 1.82) is 0 Å². The zero-order valence-corrected chi connectivity index (χ0v) is 21.3. The van der Waals surface area contributed by atoms with Gasteiger partial charge in [-0.1, -0.05) is 23.8 Å². The van der Waals surface area contributed by atoms with Crippen LogP contribution < -0.4 is 10.2 Å². The van der Waals surface area contributed by atoms with Gasteiger partial charge in [-0.2, -0.15) is 13.2 Å². The van der Waals surface area contributed by atoms with Gasteiger partial charge in [0, 0.05) is 63.1 Å². The van der Waals surface area contributed by atoms with Crippen molar-refractivity contribution in [2.45, 2.75) is 51.7 Å². The maximum absolute atomic E-state index is 13.2. The first-order valence-electron chi connectivity index (χ1n) is 13.0. The standard InChI is InChI=1S/C28H37F3N4O/c1-21-5-9-25(10-6-21)34-18-16-33(17-19-34)13-3-4-27(36)35-14-11-23(12-15-35)32-24-8-7-22(2)26(20-24)28(29,30)31/h5-10,20,23,32H,3-4,11-19H2,1-2H3. The van der Waals surface area contributed by atoms with E-state index in [4.69, 9.17) is 0 Å². The van der Waals surface area contributed by atoms with E-state index in [0.717, 1.165) is 52.0 Å². The van der Waals surface area contributed by atoms with Crippen molar-refractivity contribution < 1.29 is 18.0 Å². The summed E-state index contributed by atoms with van der Waals surface area (Å²) in [5.41, 5.74) is 2.66. The molecule has 4 rings (SSSR count). The first-order chi connectivity index (χ1) is 17.2. The second kappa shape index (κ2) is 11.5. The predicted octanol–water partition coefficient (Wildman–Crippen LogP) is 5.33. The van der Waals surface area contributed by atoms with Gasteiger partial charge in [-0.15, -0.1) is 0 Å². The molecule has 2 aromatic carbocycles. The summed E-state index contributed by atoms with van der Waals surface area (Å²) in [5, 5.41) is 3.24. The molecular formula is C28H37F3N4O. The van der Waals surface area contributed by atoms with Crippen LogP contribution in [-0.4, -0.2) is 67.6 Å². The van der Waals surface area contributed by atoms with Crippen molar-refractivity contribution in [2.24, 2.45) is 0 Å². The summed E-state index contributed by atoms with van der Waals surface area (Å²) in [6.07, 6.45) is -1.48. The van der Waals surface area contributed by atoms with Gasteiger partial charge in [-0.25, -0.2) is 0 Å². The lowest BCUT2D eigenvalue weighted by atomic mass is 10.0. The summed E-state index contributed by atoms with van der Waals surface area (Å²) in [4.78, 5) is 19.5. The summed E-state index contributed by atoms with van der Waals surface area (Å²) in [6.45, 7) is 9.81. The highest BCUT2D eigenvalue weighted by molar-refractivity contribution is 5.76. The highest BCUT2D eigenvalue weighted by Crippen LogP contribution is 2.34. The van der Waals surface area contributed by atoms with E-state index < -0.39 is 11.7 Å². The Morgan fingerprint density at radius 2 is 1.61 bits per heavy atom. The molecule has 0 radical (unpaired) electrons. The molecule has 8 heteroatoms. The van der Waals surface area contributed by atoms with E-state index in [0.29, 0.717) is 25.2 Å². The quantitative estimate of drug-likeness (QED) is 0.556. The molecule has 0 saturated carbocycles. The first-order valence-corrected chi connectivity index (χ1v) is 13.0. The third kappa shape index (κ3) is 6.93. The molecule has 196 valence electrons. The molecule has 2 aliphatic rings. The molecule has 0 unspecified atom stereocenters. The predicted molar refractivity (Wildman–Crippen MR) is 138 cm³/mol. The number of rotatable bonds is 7. The van der Waals surface area contributed by atoms with Gasteiger partial charge in [0.1, 0.15) is 0 Å². The fraction of sp³-hybridized carbons (Fsp3) is 0.536. The summed E-state index contributed by atoms with van der Waals surface area (Å²) in [5.74, 6) is 0.182. The van der Waals surface area contributed by atoms with Crippen LogP contribution in [0.3, 0.4) is 0 Å². The normalized spacial score (nSPS) is 17.9. The monoisotopic (exact) mass is 502 g/mol. The molecule has 1 amide bonds. The summed E-state index contributed by atoms with van der Waals surface area (Å²) < 4.78 is 39.6. The number of aryl methyl sites for hydroxylation is 2. The third-order valence-electron chi connectivity index (χ3n) is 7.40. The van der Waals surface area contributed by atoms with Crippen LogP contribution in [0.4, 0.5) is 24.5 Å². The molecule has 2 fully saturated rings. The largest absolute Gasteiger partial charge is 0.416 e. The molecule has 0 atom stereocenters. The molecule has 2 heterocycles. The van der Waals surface area contributed by atoms with Gasteiger partial charge in [0.2, 0.25) is 5.91 Å². The number of carbonyl (C=O) groups excluding carboxylic acids is 1. The highest BCUT2D eigenvalue weighted by Gasteiger charge is 2.33. The Balaban J connectivity index is 1.14. The van der Waals surface area contributed by atoms with Gasteiger partial charge in [0.15, 0.2) is 0 Å². The molecule has 0 aliphatic carbocycles. The number of hydrogen-bond donors (Lipinski definition) is 1. The Labute approximate surface area is 212 Å². The number of benzene rings is 2. The van der Waals surface area contributed by atoms with Crippen LogP contribution in [0.1, 0.15) is 42.4 Å². The topological polar surface area (TPSA) is 38.8 Å². The molecule has 0 bridgehead atoms. The number of anilines is 2. The van der Waals surface area contributed by atoms with Gasteiger partial charge < -0.3 is 15.1 Å². The average Bonchev–Trinajstić information content (AvgIpc) is 2.86. The van der Waals surface area contributed by atoms with E-state index in [1.54, 1.807) is 6.07 Å². The smallest absolute Gasteiger partial charge is 0.382 e. The Hall–Kier alpha value is -2.74. The Bertz CT molecular complexity index is 1010. The number of likely N-dealkylation sites (tertiary alicyclic amines) is 1. The second-order valence-corrected chi connectivity index (χ2v) is 10.1. The van der Waals surface area contributed by atoms with Crippen molar-refractivity contribution >= 4 is 17.3 Å². The number of halogens is 3. The zero-order valence-electron chi connectivity index (χ0n) is 21.3. The molecule has 1 N–H and O–H groups in total. The molecule has 2 aromatic rings. The molecule has 0 aromatic heterocycles. The SMILES string of the molecule is Cc1ccc(N2CCN(CCCC(=O)N3CCC(Nc4ccc(C)c(C(F)(F)F)c4)CC3)CC2)cc1. The summed E-state index contributed by atoms with van der Waals surface area (Å²) >= 11 is 0. The van der Waals surface area contributed by atoms with E-state index in [1.807, 2.05) is 4.90 Å². The van der Waals surface area contributed by atoms with Gasteiger partial charge in [-0.05, 0) is 69.5 Å². The van der Waals surface area contributed by atoms with Crippen LogP contribution in [-0.2, 0) is 11.0 Å². The maximum Gasteiger partial charge on any atom is 0.416 e. The average molecular weight is 503 g/mol. The van der Waals surface area contributed by atoms with E-state index in [-0.39, 0.29) is 17.5 Å². The van der Waals surface area contributed by atoms with E-state index >= 15 is 0 Å². The van der Waals surface area contributed by atoms with Crippen LogP contribution >= 0.6 is 0 Å². The Morgan fingerprint density at radius 1 is 0.944 bits per heavy atom. The molecule has 36 heavy (non-hydrogen) atoms. The van der Waals surface area contributed by atoms with Crippen molar-refractivity contribution in [1.82, 2.24) is 9.80 Å². The number of hydrogen-bond acceptors (Lipinski definition) is 4. The number of nitrogens with zero attached hydrogens (tertiary/aromatic N) is 3. The fourth-order valence-corrected chi connectivity index (χ4v) is 5.12. The van der Waals surface area contributed by atoms with Gasteiger partial charge in [-0.3, -0.25) is 9.69 Å². The first kappa shape index (κ1) is 26.3. The van der Waals surface area contributed by atoms with Crippen molar-refractivity contribution in [3.63, 3.8) is 0 Å². The molecular weight excluding hydrogens is 465 g/mol. The van der Waals surface area contributed by atoms with Gasteiger partial charge in [0.05, 0.1) is 5.56 Å². The van der Waals surface area contributed by atoms with E-state index in [9.17, 15) is 18.0 Å². The van der Waals surface area contributed by atoms with Gasteiger partial charge in [0.25, 0.3) is 0 Å². The van der Waals surface area contributed by atoms with Crippen LogP contribution in [0.5, 0.6) is 0 Å². The Kier molecular flexibility index (Phi) is 8.44. The van der Waals surface area contributed by atoms with Crippen LogP contribution in [0.25, 0.3) is 0 Å². The summed E-state index contributed by atoms with van der Waals surface area (Å²) in [7, 11) is 0. The third-order valence-corrected chi connectivity index (χ3v) is 7.40. The van der Waals surface area contributed by atoms with E-state index in [2.05, 4.69) is 46.3 Å². The van der Waals surface area contributed by atoms with Crippen LogP contribution in [0, 0.1) is 13.8 Å². The lowest BCUT2D eigenvalue weighted by Crippen LogP contribution is -2.47. The number of nitrogens with one attached hydrogen (secondary N) is 1. The molecule has 2 saturated heterocycles. The number of piperidine rings is 1. The van der Waals surface area contributed by atoms with Crippen molar-refractivity contribution in [2.75, 3.05) is 56.0 Å². The Morgan fingerprint density at radius 3 is 2.25 bits per heavy atom. The minimum absolute atomic E-state index is 0.0719. The number of alkyl halides is 3. The van der Waals surface area contributed by atoms with Crippen molar-refractivity contribution in [3.05, 3.63) is 59.2 Å². The lowest BCUT2D eigenvalue weighted by molar-refractivity contribution is -0.138. The van der Waals surface area contributed by atoms with Crippen LogP contribution in [0.2, 0.25) is 0 Å². The van der Waals surface area contributed by atoms with Gasteiger partial charge >= 0.3 is 6.18 Å². The lowest BCUT2D eigenvalue weighted by Gasteiger charge is -2.36. The number of amides is 1. The fourth-order valence-electron chi connectivity index (χ4n) is 5.12. The number of piperazine rings is 1. The zero-order chi connectivity index (χ0) is 25.7. The number of carbonyl (C=O) groups is 1. The highest BCUT2D eigenvalue weighted by atomic mass is 19.4. The molecule has 2 aliphatic heterocycles. The summed E-state index contributed by atoms with van der Waals surface area (Å²) in [6, 6.07) is 13.1.